The minimum atomic E-state index is -4.67. The molecule has 0 unspecified atom stereocenters. The van der Waals surface area contributed by atoms with Crippen molar-refractivity contribution in [3.05, 3.63) is 0 Å². The molecular weight excluding hydrogens is 234 g/mol. The zero-order valence-electron chi connectivity index (χ0n) is 3.33. The summed E-state index contributed by atoms with van der Waals surface area (Å²) in [6, 6.07) is 0. The standard InChI is InChI=1S/H2O4S.H2O.Sb.3H/c1-5(2,3)4;;;;;/h(H2,1,2,3,4);1H2;;;;. The Balaban J connectivity index is -0.0000000800. The Morgan fingerprint density at radius 1 is 1.14 bits per heavy atom. The molecule has 0 saturated heterocycles. The summed E-state index contributed by atoms with van der Waals surface area (Å²) in [4.78, 5) is 0. The third kappa shape index (κ3) is 342. The van der Waals surface area contributed by atoms with E-state index in [0.29, 0.717) is 0 Å². The van der Waals surface area contributed by atoms with Crippen LogP contribution in [0.15, 0.2) is 0 Å². The molecule has 0 aromatic rings. The van der Waals surface area contributed by atoms with Gasteiger partial charge in [-0.3, -0.25) is 9.11 Å². The van der Waals surface area contributed by atoms with Crippen LogP contribution in [0.25, 0.3) is 0 Å². The van der Waals surface area contributed by atoms with Gasteiger partial charge in [-0.2, -0.15) is 8.42 Å². The van der Waals surface area contributed by atoms with E-state index in [9.17, 15) is 0 Å². The molecule has 48 valence electrons. The molecule has 0 spiro atoms. The zero-order chi connectivity index (χ0) is 4.50. The third-order valence-corrected chi connectivity index (χ3v) is 0. The molecule has 0 atom stereocenters. The fraction of sp³-hybridized carbons (Fsp3) is 0. The van der Waals surface area contributed by atoms with E-state index in [2.05, 4.69) is 0 Å². The van der Waals surface area contributed by atoms with Crippen LogP contribution < -0.4 is 0 Å². The van der Waals surface area contributed by atoms with Crippen LogP contribution in [-0.2, 0) is 10.4 Å². The molecule has 7 heteroatoms. The fourth-order valence-electron chi connectivity index (χ4n) is 0. The zero-order valence-corrected chi connectivity index (χ0v) is 8.18. The Morgan fingerprint density at radius 2 is 1.14 bits per heavy atom. The summed E-state index contributed by atoms with van der Waals surface area (Å²) in [5.74, 6) is 0. The van der Waals surface area contributed by atoms with Crippen molar-refractivity contribution in [1.29, 1.82) is 0 Å². The van der Waals surface area contributed by atoms with Crippen LogP contribution in [0.3, 0.4) is 0 Å². The van der Waals surface area contributed by atoms with Gasteiger partial charge in [-0.15, -0.1) is 0 Å². The molecule has 0 heterocycles. The molecule has 0 fully saturated rings. The van der Waals surface area contributed by atoms with Crippen LogP contribution in [0.2, 0.25) is 0 Å². The first-order chi connectivity index (χ1) is 2.00. The van der Waals surface area contributed by atoms with Crippen LogP contribution in [-0.4, -0.2) is 47.4 Å². The topological polar surface area (TPSA) is 106 Å². The Bertz CT molecular complexity index is 91.2. The second kappa shape index (κ2) is 4.80. The van der Waals surface area contributed by atoms with Crippen LogP contribution in [0, 0.1) is 0 Å². The molecule has 0 aromatic heterocycles. The Labute approximate surface area is 58.1 Å². The van der Waals surface area contributed by atoms with Crippen molar-refractivity contribution in [3.63, 3.8) is 0 Å². The van der Waals surface area contributed by atoms with Crippen LogP contribution in [0.5, 0.6) is 0 Å². The molecule has 0 bridgehead atoms. The number of hydrogen-bond acceptors (Lipinski definition) is 2. The maximum atomic E-state index is 8.74. The second-order valence-corrected chi connectivity index (χ2v) is 1.34. The summed E-state index contributed by atoms with van der Waals surface area (Å²) in [7, 11) is -4.67. The van der Waals surface area contributed by atoms with E-state index in [1.165, 1.54) is 0 Å². The van der Waals surface area contributed by atoms with Gasteiger partial charge in [0.2, 0.25) is 0 Å². The van der Waals surface area contributed by atoms with Crippen molar-refractivity contribution in [2.75, 3.05) is 0 Å². The second-order valence-electron chi connectivity index (χ2n) is 0.448. The van der Waals surface area contributed by atoms with E-state index in [-0.39, 0.29) is 29.9 Å². The van der Waals surface area contributed by atoms with Gasteiger partial charge in [0.25, 0.3) is 0 Å². The third-order valence-electron chi connectivity index (χ3n) is 0. The summed E-state index contributed by atoms with van der Waals surface area (Å²) in [5, 5.41) is 0. The average Bonchev–Trinajstić information content (AvgIpc) is 0.722. The van der Waals surface area contributed by atoms with Crippen molar-refractivity contribution in [2.45, 2.75) is 0 Å². The molecular formula is H7O5SSb. The van der Waals surface area contributed by atoms with Gasteiger partial charge in [0, 0.05) is 0 Å². The van der Waals surface area contributed by atoms with Gasteiger partial charge in [0.15, 0.2) is 0 Å². The molecule has 5 nitrogen and oxygen atoms in total. The van der Waals surface area contributed by atoms with Crippen molar-refractivity contribution in [1.82, 2.24) is 0 Å². The Morgan fingerprint density at radius 3 is 1.14 bits per heavy atom. The SMILES string of the molecule is O.O=S(=O)(O)O.[SbH3]. The molecule has 0 saturated carbocycles. The predicted molar refractivity (Wildman–Crippen MR) is 27.7 cm³/mol. The van der Waals surface area contributed by atoms with Crippen molar-refractivity contribution in [2.24, 2.45) is 0 Å². The first kappa shape index (κ1) is 15.6. The maximum absolute atomic E-state index is 8.74. The molecule has 0 aromatic carbocycles. The van der Waals surface area contributed by atoms with E-state index < -0.39 is 10.4 Å². The van der Waals surface area contributed by atoms with E-state index in [0.717, 1.165) is 0 Å². The molecule has 0 aliphatic heterocycles. The van der Waals surface area contributed by atoms with Crippen molar-refractivity contribution >= 4 is 34.8 Å². The molecule has 0 amide bonds. The van der Waals surface area contributed by atoms with Gasteiger partial charge >= 0.3 is 34.8 Å². The molecule has 7 heavy (non-hydrogen) atoms. The molecule has 0 rings (SSSR count). The van der Waals surface area contributed by atoms with Crippen molar-refractivity contribution < 1.29 is 23.0 Å². The van der Waals surface area contributed by atoms with E-state index in [4.69, 9.17) is 17.5 Å². The summed E-state index contributed by atoms with van der Waals surface area (Å²) in [5.41, 5.74) is 0. The normalized spacial score (nSPS) is 8.29. The first-order valence-corrected chi connectivity index (χ1v) is 2.10. The summed E-state index contributed by atoms with van der Waals surface area (Å²) >= 11 is 0. The minimum absolute atomic E-state index is 0. The number of rotatable bonds is 0. The first-order valence-electron chi connectivity index (χ1n) is 0.698. The summed E-state index contributed by atoms with van der Waals surface area (Å²) < 4.78 is 31.6. The van der Waals surface area contributed by atoms with Crippen LogP contribution in [0.4, 0.5) is 0 Å². The van der Waals surface area contributed by atoms with Gasteiger partial charge < -0.3 is 5.48 Å². The summed E-state index contributed by atoms with van der Waals surface area (Å²) in [6.07, 6.45) is 0. The molecule has 4 N–H and O–H groups in total. The molecule has 0 aliphatic carbocycles. The quantitative estimate of drug-likeness (QED) is 0.356. The van der Waals surface area contributed by atoms with Crippen LogP contribution in [0.1, 0.15) is 0 Å². The Kier molecular flexibility index (Phi) is 10.7. The predicted octanol–water partition coefficient (Wildman–Crippen LogP) is -2.66. The fourth-order valence-corrected chi connectivity index (χ4v) is 0. The van der Waals surface area contributed by atoms with Crippen LogP contribution >= 0.6 is 0 Å². The number of hydrogen-bond donors (Lipinski definition) is 2. The average molecular weight is 241 g/mol. The van der Waals surface area contributed by atoms with E-state index >= 15 is 0 Å². The van der Waals surface area contributed by atoms with Gasteiger partial charge in [-0.05, 0) is 0 Å². The molecule has 0 radical (unpaired) electrons. The van der Waals surface area contributed by atoms with Gasteiger partial charge in [0.05, 0.1) is 0 Å². The van der Waals surface area contributed by atoms with E-state index in [1.807, 2.05) is 0 Å². The van der Waals surface area contributed by atoms with E-state index in [1.54, 1.807) is 0 Å². The van der Waals surface area contributed by atoms with Gasteiger partial charge in [-0.1, -0.05) is 0 Å². The van der Waals surface area contributed by atoms with Gasteiger partial charge in [-0.25, -0.2) is 0 Å². The monoisotopic (exact) mass is 240 g/mol. The Hall–Kier alpha value is 0.648. The van der Waals surface area contributed by atoms with Crippen molar-refractivity contribution in [3.8, 4) is 0 Å². The molecule has 0 aliphatic rings. The summed E-state index contributed by atoms with van der Waals surface area (Å²) in [6.45, 7) is 0. The van der Waals surface area contributed by atoms with Gasteiger partial charge in [0.1, 0.15) is 0 Å².